The molecule has 30 heavy (non-hydrogen) atoms. The first-order chi connectivity index (χ1) is 14.0. The van der Waals surface area contributed by atoms with E-state index in [0.29, 0.717) is 17.0 Å². The van der Waals surface area contributed by atoms with E-state index < -0.39 is 29.3 Å². The van der Waals surface area contributed by atoms with Crippen molar-refractivity contribution < 1.29 is 13.6 Å². The maximum Gasteiger partial charge on any atom is 0.247 e. The minimum atomic E-state index is -0.858. The summed E-state index contributed by atoms with van der Waals surface area (Å²) >= 11 is 0. The van der Waals surface area contributed by atoms with Gasteiger partial charge in [0.25, 0.3) is 0 Å². The highest BCUT2D eigenvalue weighted by Gasteiger charge is 2.36. The number of halogens is 2. The number of benzene rings is 1. The summed E-state index contributed by atoms with van der Waals surface area (Å²) in [5.74, 6) is -2.31. The van der Waals surface area contributed by atoms with Crippen LogP contribution in [0.1, 0.15) is 20.8 Å². The molecule has 0 aliphatic carbocycles. The first-order valence-corrected chi connectivity index (χ1v) is 9.57. The number of carbonyl (C=O) groups is 1. The Kier molecular flexibility index (Phi) is 5.68. The highest BCUT2D eigenvalue weighted by atomic mass is 19.1. The topological polar surface area (TPSA) is 71.4 Å². The van der Waals surface area contributed by atoms with Crippen molar-refractivity contribution in [1.29, 1.82) is 5.26 Å². The third-order valence-electron chi connectivity index (χ3n) is 5.23. The van der Waals surface area contributed by atoms with Crippen LogP contribution in [0.4, 0.5) is 14.5 Å². The summed E-state index contributed by atoms with van der Waals surface area (Å²) in [5, 5.41) is 13.6. The molecule has 1 amide bonds. The maximum atomic E-state index is 13.9. The number of carbonyl (C=O) groups excluding carboxylic acids is 1. The second kappa shape index (κ2) is 7.92. The second-order valence-corrected chi connectivity index (χ2v) is 8.46. The lowest BCUT2D eigenvalue weighted by molar-refractivity contribution is -0.117. The van der Waals surface area contributed by atoms with Gasteiger partial charge in [-0.25, -0.2) is 14.2 Å². The minimum Gasteiger partial charge on any atom is -0.365 e. The molecule has 2 aliphatic heterocycles. The fourth-order valence-corrected chi connectivity index (χ4v) is 3.78. The molecule has 8 heteroatoms. The van der Waals surface area contributed by atoms with Crippen LogP contribution >= 0.6 is 0 Å². The molecule has 0 saturated carbocycles. The number of nitrogens with zero attached hydrogens (tertiary/aromatic N) is 3. The van der Waals surface area contributed by atoms with Crippen molar-refractivity contribution >= 4 is 11.6 Å². The predicted octanol–water partition coefficient (Wildman–Crippen LogP) is 3.30. The van der Waals surface area contributed by atoms with Crippen molar-refractivity contribution in [2.45, 2.75) is 32.9 Å². The molecule has 158 valence electrons. The molecule has 1 aromatic carbocycles. The standard InChI is InChI=1S/C22H25F2N5O/c1-22(2,3)18-10-9-13(12-25)20(28(18)4)17-11-16(27-29(17)5)21(30)26-19-14(23)7-6-8-15(19)24/h6-11,16,18,27H,1-5H3,(H,26,30). The van der Waals surface area contributed by atoms with E-state index in [9.17, 15) is 18.8 Å². The number of hydrogen-bond donors (Lipinski definition) is 2. The van der Waals surface area contributed by atoms with Gasteiger partial charge >= 0.3 is 0 Å². The van der Waals surface area contributed by atoms with E-state index in [0.717, 1.165) is 12.1 Å². The zero-order valence-corrected chi connectivity index (χ0v) is 17.6. The van der Waals surface area contributed by atoms with Gasteiger partial charge in [-0.15, -0.1) is 0 Å². The number of nitriles is 1. The third kappa shape index (κ3) is 3.94. The summed E-state index contributed by atoms with van der Waals surface area (Å²) in [6.45, 7) is 6.33. The Hall–Kier alpha value is -3.18. The molecule has 0 radical (unpaired) electrons. The highest BCUT2D eigenvalue weighted by molar-refractivity contribution is 5.96. The summed E-state index contributed by atoms with van der Waals surface area (Å²) in [6, 6.07) is 4.78. The van der Waals surface area contributed by atoms with E-state index in [1.54, 1.807) is 24.2 Å². The highest BCUT2D eigenvalue weighted by Crippen LogP contribution is 2.36. The van der Waals surface area contributed by atoms with Crippen molar-refractivity contribution in [3.05, 3.63) is 65.0 Å². The summed E-state index contributed by atoms with van der Waals surface area (Å²) in [4.78, 5) is 14.7. The molecule has 3 rings (SSSR count). The van der Waals surface area contributed by atoms with Gasteiger partial charge in [0, 0.05) is 14.1 Å². The summed E-state index contributed by atoms with van der Waals surface area (Å²) in [5.41, 5.74) is 4.19. The molecule has 0 bridgehead atoms. The van der Waals surface area contributed by atoms with Gasteiger partial charge in [0.2, 0.25) is 5.91 Å². The Balaban J connectivity index is 1.92. The lowest BCUT2D eigenvalue weighted by Gasteiger charge is -2.42. The number of para-hydroxylation sites is 1. The van der Waals surface area contributed by atoms with Gasteiger partial charge in [-0.05, 0) is 29.7 Å². The van der Waals surface area contributed by atoms with Crippen LogP contribution in [0.5, 0.6) is 0 Å². The lowest BCUT2D eigenvalue weighted by Crippen LogP contribution is -2.45. The molecule has 2 aliphatic rings. The first kappa shape index (κ1) is 21.5. The molecule has 0 fully saturated rings. The Morgan fingerprint density at radius 3 is 2.43 bits per heavy atom. The number of nitrogens with one attached hydrogen (secondary N) is 2. The fraction of sp³-hybridized carbons (Fsp3) is 0.364. The summed E-state index contributed by atoms with van der Waals surface area (Å²) in [7, 11) is 3.63. The Bertz CT molecular complexity index is 980. The normalized spacial score (nSPS) is 21.6. The Morgan fingerprint density at radius 2 is 1.87 bits per heavy atom. The molecule has 1 aromatic rings. The van der Waals surface area contributed by atoms with Crippen molar-refractivity contribution in [2.24, 2.45) is 5.41 Å². The van der Waals surface area contributed by atoms with Crippen LogP contribution in [-0.2, 0) is 4.79 Å². The molecular weight excluding hydrogens is 388 g/mol. The van der Waals surface area contributed by atoms with Crippen LogP contribution in [0.2, 0.25) is 0 Å². The van der Waals surface area contributed by atoms with Gasteiger partial charge in [0.05, 0.1) is 23.0 Å². The number of hydrogen-bond acceptors (Lipinski definition) is 5. The van der Waals surface area contributed by atoms with E-state index in [2.05, 4.69) is 37.6 Å². The van der Waals surface area contributed by atoms with Crippen molar-refractivity contribution in [3.63, 3.8) is 0 Å². The zero-order valence-electron chi connectivity index (χ0n) is 17.6. The van der Waals surface area contributed by atoms with Crippen LogP contribution in [0.3, 0.4) is 0 Å². The van der Waals surface area contributed by atoms with Crippen LogP contribution in [0, 0.1) is 28.4 Å². The molecule has 0 spiro atoms. The summed E-state index contributed by atoms with van der Waals surface area (Å²) < 4.78 is 27.8. The number of anilines is 1. The molecule has 0 aromatic heterocycles. The van der Waals surface area contributed by atoms with E-state index in [-0.39, 0.29) is 11.5 Å². The van der Waals surface area contributed by atoms with Gasteiger partial charge in [-0.1, -0.05) is 32.9 Å². The van der Waals surface area contributed by atoms with Crippen molar-refractivity contribution in [1.82, 2.24) is 15.3 Å². The Labute approximate surface area is 175 Å². The van der Waals surface area contributed by atoms with Gasteiger partial charge in [-0.2, -0.15) is 5.26 Å². The van der Waals surface area contributed by atoms with Crippen LogP contribution < -0.4 is 10.7 Å². The molecule has 2 heterocycles. The fourth-order valence-electron chi connectivity index (χ4n) is 3.78. The zero-order chi connectivity index (χ0) is 22.2. The number of likely N-dealkylation sites (N-methyl/N-ethyl adjacent to an activating group) is 2. The molecule has 2 N–H and O–H groups in total. The number of hydrazine groups is 1. The molecule has 2 unspecified atom stereocenters. The third-order valence-corrected chi connectivity index (χ3v) is 5.23. The van der Waals surface area contributed by atoms with Gasteiger partial charge < -0.3 is 15.2 Å². The van der Waals surface area contributed by atoms with E-state index in [4.69, 9.17) is 0 Å². The maximum absolute atomic E-state index is 13.9. The van der Waals surface area contributed by atoms with Crippen LogP contribution in [0.25, 0.3) is 0 Å². The molecular formula is C22H25F2N5O. The van der Waals surface area contributed by atoms with Gasteiger partial charge in [-0.3, -0.25) is 4.79 Å². The Morgan fingerprint density at radius 1 is 1.23 bits per heavy atom. The van der Waals surface area contributed by atoms with Crippen LogP contribution in [0.15, 0.2) is 53.4 Å². The number of rotatable bonds is 3. The molecule has 0 saturated heterocycles. The second-order valence-electron chi connectivity index (χ2n) is 8.46. The van der Waals surface area contributed by atoms with Crippen molar-refractivity contribution in [3.8, 4) is 6.07 Å². The summed E-state index contributed by atoms with van der Waals surface area (Å²) in [6.07, 6.45) is 5.44. The molecule has 6 nitrogen and oxygen atoms in total. The average molecular weight is 413 g/mol. The largest absolute Gasteiger partial charge is 0.365 e. The number of amides is 1. The molecule has 2 atom stereocenters. The van der Waals surface area contributed by atoms with Crippen LogP contribution in [-0.4, -0.2) is 42.0 Å². The van der Waals surface area contributed by atoms with E-state index in [1.165, 1.54) is 6.07 Å². The monoisotopic (exact) mass is 413 g/mol. The lowest BCUT2D eigenvalue weighted by atomic mass is 9.83. The van der Waals surface area contributed by atoms with E-state index >= 15 is 0 Å². The first-order valence-electron chi connectivity index (χ1n) is 9.57. The average Bonchev–Trinajstić information content (AvgIpc) is 3.04. The smallest absolute Gasteiger partial charge is 0.247 e. The van der Waals surface area contributed by atoms with Gasteiger partial charge in [0.15, 0.2) is 0 Å². The number of allylic oxidation sites excluding steroid dienone is 2. The minimum absolute atomic E-state index is 0.0410. The van der Waals surface area contributed by atoms with E-state index in [1.807, 2.05) is 18.0 Å². The predicted molar refractivity (Wildman–Crippen MR) is 111 cm³/mol. The van der Waals surface area contributed by atoms with Gasteiger partial charge in [0.1, 0.15) is 29.4 Å². The SMILES string of the molecule is CN1NC(C(=O)Nc2c(F)cccc2F)C=C1C1=C(C#N)C=CC(C(C)(C)C)N1C. The quantitative estimate of drug-likeness (QED) is 0.796. The van der Waals surface area contributed by atoms with Crippen molar-refractivity contribution in [2.75, 3.05) is 19.4 Å².